The Morgan fingerprint density at radius 2 is 1.66 bits per heavy atom. The number of fused-ring (bicyclic) bond motifs is 1. The molecule has 6 nitrogen and oxygen atoms in total. The fourth-order valence-electron chi connectivity index (χ4n) is 3.60. The van der Waals surface area contributed by atoms with Crippen molar-refractivity contribution in [2.75, 3.05) is 5.32 Å². The highest BCUT2D eigenvalue weighted by Crippen LogP contribution is 2.34. The maximum Gasteiger partial charge on any atom is 0.200 e. The van der Waals surface area contributed by atoms with Crippen molar-refractivity contribution < 1.29 is 8.42 Å². The number of nitriles is 1. The molecule has 1 aromatic heterocycles. The van der Waals surface area contributed by atoms with Crippen LogP contribution in [0.1, 0.15) is 36.6 Å². The van der Waals surface area contributed by atoms with E-state index in [0.717, 1.165) is 25.7 Å². The van der Waals surface area contributed by atoms with Gasteiger partial charge in [-0.05, 0) is 49.2 Å². The number of hydrogen-bond acceptors (Lipinski definition) is 6. The van der Waals surface area contributed by atoms with Crippen molar-refractivity contribution in [1.82, 2.24) is 9.97 Å². The summed E-state index contributed by atoms with van der Waals surface area (Å²) in [5, 5.41) is 12.1. The van der Waals surface area contributed by atoms with E-state index < -0.39 is 15.1 Å². The van der Waals surface area contributed by atoms with Crippen LogP contribution < -0.4 is 5.32 Å². The zero-order valence-corrected chi connectivity index (χ0v) is 17.1. The molecule has 1 heterocycles. The summed E-state index contributed by atoms with van der Waals surface area (Å²) in [6.45, 7) is 0. The molecule has 1 aliphatic rings. The van der Waals surface area contributed by atoms with Gasteiger partial charge in [-0.15, -0.1) is 0 Å². The Bertz CT molecular complexity index is 1180. The van der Waals surface area contributed by atoms with Crippen molar-refractivity contribution in [3.8, 4) is 6.07 Å². The van der Waals surface area contributed by atoms with Crippen molar-refractivity contribution in [3.05, 3.63) is 59.2 Å². The van der Waals surface area contributed by atoms with E-state index in [-0.39, 0.29) is 16.6 Å². The van der Waals surface area contributed by atoms with Crippen LogP contribution in [-0.4, -0.2) is 24.4 Å². The van der Waals surface area contributed by atoms with Crippen molar-refractivity contribution in [1.29, 1.82) is 5.26 Å². The molecule has 3 aromatic rings. The van der Waals surface area contributed by atoms with Crippen LogP contribution in [0.5, 0.6) is 0 Å². The van der Waals surface area contributed by atoms with Crippen molar-refractivity contribution in [2.24, 2.45) is 0 Å². The van der Waals surface area contributed by atoms with Gasteiger partial charge in [0.25, 0.3) is 0 Å². The van der Waals surface area contributed by atoms with E-state index in [0.29, 0.717) is 21.9 Å². The standard InChI is InChI=1S/C21H19ClN4O2S/c22-14-9-11-16(12-10-14)29(27,28)19(13-23)20-21(24-15-5-1-2-6-15)26-18-8-4-3-7-17(18)25-20/h3-4,7-12,15,19H,1-2,5-6H2,(H,24,26). The smallest absolute Gasteiger partial charge is 0.200 e. The molecule has 1 atom stereocenters. The Morgan fingerprint density at radius 3 is 2.28 bits per heavy atom. The van der Waals surface area contributed by atoms with Gasteiger partial charge in [0, 0.05) is 11.1 Å². The van der Waals surface area contributed by atoms with Gasteiger partial charge in [0.05, 0.1) is 22.0 Å². The molecule has 0 bridgehead atoms. The van der Waals surface area contributed by atoms with Crippen LogP contribution in [0.2, 0.25) is 5.02 Å². The average molecular weight is 427 g/mol. The van der Waals surface area contributed by atoms with Crippen molar-refractivity contribution in [3.63, 3.8) is 0 Å². The predicted molar refractivity (Wildman–Crippen MR) is 112 cm³/mol. The van der Waals surface area contributed by atoms with E-state index in [1.807, 2.05) is 18.2 Å². The summed E-state index contributed by atoms with van der Waals surface area (Å²) in [6.07, 6.45) is 4.18. The number of halogens is 1. The molecule has 1 unspecified atom stereocenters. The Morgan fingerprint density at radius 1 is 1.03 bits per heavy atom. The zero-order chi connectivity index (χ0) is 20.4. The number of rotatable bonds is 5. The van der Waals surface area contributed by atoms with Crippen molar-refractivity contribution >= 4 is 38.3 Å². The molecule has 8 heteroatoms. The van der Waals surface area contributed by atoms with E-state index in [2.05, 4.69) is 15.3 Å². The van der Waals surface area contributed by atoms with Crippen LogP contribution in [-0.2, 0) is 9.84 Å². The molecule has 1 N–H and O–H groups in total. The quantitative estimate of drug-likeness (QED) is 0.636. The second-order valence-corrected chi connectivity index (χ2v) is 9.55. The van der Waals surface area contributed by atoms with Crippen LogP contribution in [0.3, 0.4) is 0 Å². The maximum atomic E-state index is 13.2. The zero-order valence-electron chi connectivity index (χ0n) is 15.5. The van der Waals surface area contributed by atoms with Crippen molar-refractivity contribution in [2.45, 2.75) is 41.9 Å². The summed E-state index contributed by atoms with van der Waals surface area (Å²) in [7, 11) is -4.01. The molecule has 0 aliphatic heterocycles. The largest absolute Gasteiger partial charge is 0.366 e. The van der Waals surface area contributed by atoms with E-state index in [9.17, 15) is 13.7 Å². The number of hydrogen-bond donors (Lipinski definition) is 1. The highest BCUT2D eigenvalue weighted by atomic mass is 35.5. The maximum absolute atomic E-state index is 13.2. The molecule has 29 heavy (non-hydrogen) atoms. The molecule has 2 aromatic carbocycles. The second-order valence-electron chi connectivity index (χ2n) is 7.08. The van der Waals surface area contributed by atoms with Gasteiger partial charge in [0.15, 0.2) is 11.1 Å². The molecule has 1 aliphatic carbocycles. The van der Waals surface area contributed by atoms with Crippen LogP contribution in [0.15, 0.2) is 53.4 Å². The molecule has 0 spiro atoms. The molecular weight excluding hydrogens is 408 g/mol. The minimum atomic E-state index is -4.01. The third kappa shape index (κ3) is 3.91. The molecule has 0 amide bonds. The minimum Gasteiger partial charge on any atom is -0.366 e. The van der Waals surface area contributed by atoms with Crippen LogP contribution in [0.4, 0.5) is 5.82 Å². The van der Waals surface area contributed by atoms with Gasteiger partial charge in [-0.2, -0.15) is 5.26 Å². The molecule has 148 valence electrons. The first kappa shape index (κ1) is 19.6. The number of aromatic nitrogens is 2. The Hall–Kier alpha value is -2.69. The van der Waals surface area contributed by atoms with Gasteiger partial charge in [-0.3, -0.25) is 0 Å². The van der Waals surface area contributed by atoms with Crippen LogP contribution >= 0.6 is 11.6 Å². The lowest BCUT2D eigenvalue weighted by Gasteiger charge is -2.19. The molecule has 0 saturated heterocycles. The fourth-order valence-corrected chi connectivity index (χ4v) is 5.11. The van der Waals surface area contributed by atoms with Crippen LogP contribution in [0, 0.1) is 11.3 Å². The number of sulfone groups is 1. The summed E-state index contributed by atoms with van der Waals surface area (Å²) in [4.78, 5) is 9.19. The summed E-state index contributed by atoms with van der Waals surface area (Å²) in [5.41, 5.74) is 1.33. The van der Waals surface area contributed by atoms with Gasteiger partial charge >= 0.3 is 0 Å². The third-order valence-electron chi connectivity index (χ3n) is 5.11. The molecule has 0 radical (unpaired) electrons. The number of anilines is 1. The van der Waals surface area contributed by atoms with Gasteiger partial charge in [-0.25, -0.2) is 18.4 Å². The molecule has 4 rings (SSSR count). The van der Waals surface area contributed by atoms with Gasteiger partial charge in [0.2, 0.25) is 9.84 Å². The molecule has 1 fully saturated rings. The fraction of sp³-hybridized carbons (Fsp3) is 0.286. The van der Waals surface area contributed by atoms with Crippen LogP contribution in [0.25, 0.3) is 11.0 Å². The first-order valence-corrected chi connectivity index (χ1v) is 11.3. The molecular formula is C21H19ClN4O2S. The number of para-hydroxylation sites is 2. The second kappa shape index (κ2) is 7.97. The summed E-state index contributed by atoms with van der Waals surface area (Å²) in [5.74, 6) is 0.361. The van der Waals surface area contributed by atoms with Gasteiger partial charge in [0.1, 0.15) is 5.69 Å². The Balaban J connectivity index is 1.84. The average Bonchev–Trinajstić information content (AvgIpc) is 3.22. The Labute approximate surface area is 174 Å². The summed E-state index contributed by atoms with van der Waals surface area (Å²) in [6, 6.07) is 15.2. The summed E-state index contributed by atoms with van der Waals surface area (Å²) < 4.78 is 26.5. The van der Waals surface area contributed by atoms with E-state index in [1.165, 1.54) is 24.3 Å². The van der Waals surface area contributed by atoms with Gasteiger partial charge < -0.3 is 5.32 Å². The lowest BCUT2D eigenvalue weighted by atomic mass is 10.2. The number of nitrogens with one attached hydrogen (secondary N) is 1. The normalized spacial score (nSPS) is 15.9. The van der Waals surface area contributed by atoms with E-state index in [1.54, 1.807) is 12.1 Å². The monoisotopic (exact) mass is 426 g/mol. The lowest BCUT2D eigenvalue weighted by molar-refractivity contribution is 0.590. The number of nitrogens with zero attached hydrogens (tertiary/aromatic N) is 3. The minimum absolute atomic E-state index is 0.0234. The predicted octanol–water partition coefficient (Wildman–Crippen LogP) is 4.68. The SMILES string of the molecule is N#CC(c1nc2ccccc2nc1NC1CCCC1)S(=O)(=O)c1ccc(Cl)cc1. The number of benzene rings is 2. The summed E-state index contributed by atoms with van der Waals surface area (Å²) >= 11 is 5.89. The first-order chi connectivity index (χ1) is 14.0. The molecule has 1 saturated carbocycles. The topological polar surface area (TPSA) is 95.7 Å². The van der Waals surface area contributed by atoms with Gasteiger partial charge in [-0.1, -0.05) is 36.6 Å². The highest BCUT2D eigenvalue weighted by Gasteiger charge is 2.34. The Kier molecular flexibility index (Phi) is 5.39. The lowest BCUT2D eigenvalue weighted by Crippen LogP contribution is -2.21. The van der Waals surface area contributed by atoms with E-state index >= 15 is 0 Å². The van der Waals surface area contributed by atoms with E-state index in [4.69, 9.17) is 11.6 Å². The first-order valence-electron chi connectivity index (χ1n) is 9.41. The highest BCUT2D eigenvalue weighted by molar-refractivity contribution is 7.92. The third-order valence-corrected chi connectivity index (χ3v) is 7.24.